The van der Waals surface area contributed by atoms with E-state index in [4.69, 9.17) is 9.78 Å². The molecular weight excluding hydrogens is 288 g/mol. The Balaban J connectivity index is 2.69. The molecule has 0 atom stereocenters. The van der Waals surface area contributed by atoms with Crippen molar-refractivity contribution < 1.29 is 29.6 Å². The molecule has 0 aromatic heterocycles. The SMILES string of the molecule is CCCCCCOO/C(C(=O)O)=C(\C(=O)O)C1CCCCC1. The highest BCUT2D eigenvalue weighted by atomic mass is 17.2. The van der Waals surface area contributed by atoms with Gasteiger partial charge in [0.05, 0.1) is 12.2 Å². The lowest BCUT2D eigenvalue weighted by molar-refractivity contribution is -0.265. The van der Waals surface area contributed by atoms with Crippen molar-refractivity contribution in [3.05, 3.63) is 11.3 Å². The van der Waals surface area contributed by atoms with Crippen molar-refractivity contribution in [1.29, 1.82) is 0 Å². The summed E-state index contributed by atoms with van der Waals surface area (Å²) in [5.41, 5.74) is -0.166. The minimum atomic E-state index is -1.39. The normalized spacial score (nSPS) is 17.0. The highest BCUT2D eigenvalue weighted by Gasteiger charge is 2.31. The number of aliphatic carboxylic acids is 2. The molecule has 6 nitrogen and oxygen atoms in total. The van der Waals surface area contributed by atoms with Gasteiger partial charge < -0.3 is 15.1 Å². The maximum absolute atomic E-state index is 11.5. The Morgan fingerprint density at radius 2 is 1.68 bits per heavy atom. The van der Waals surface area contributed by atoms with Crippen molar-refractivity contribution in [2.45, 2.75) is 64.7 Å². The smallest absolute Gasteiger partial charge is 0.375 e. The van der Waals surface area contributed by atoms with Crippen molar-refractivity contribution in [1.82, 2.24) is 0 Å². The van der Waals surface area contributed by atoms with Crippen LogP contribution in [-0.2, 0) is 19.4 Å². The summed E-state index contributed by atoms with van der Waals surface area (Å²) in [5.74, 6) is -3.48. The Kier molecular flexibility index (Phi) is 8.58. The maximum atomic E-state index is 11.5. The topological polar surface area (TPSA) is 93.1 Å². The zero-order chi connectivity index (χ0) is 16.4. The van der Waals surface area contributed by atoms with Crippen molar-refractivity contribution in [2.75, 3.05) is 6.61 Å². The second-order valence-electron chi connectivity index (χ2n) is 5.65. The van der Waals surface area contributed by atoms with E-state index >= 15 is 0 Å². The first-order valence-electron chi connectivity index (χ1n) is 8.08. The van der Waals surface area contributed by atoms with Gasteiger partial charge in [0.1, 0.15) is 0 Å². The van der Waals surface area contributed by atoms with E-state index in [0.717, 1.165) is 44.9 Å². The Labute approximate surface area is 131 Å². The molecule has 1 aliphatic rings. The summed E-state index contributed by atoms with van der Waals surface area (Å²) in [7, 11) is 0. The Bertz CT molecular complexity index is 395. The molecule has 6 heteroatoms. The molecule has 1 fully saturated rings. The lowest BCUT2D eigenvalue weighted by Crippen LogP contribution is -2.22. The molecule has 0 aromatic rings. The average Bonchev–Trinajstić information content (AvgIpc) is 2.49. The molecule has 126 valence electrons. The van der Waals surface area contributed by atoms with Crippen LogP contribution in [0.3, 0.4) is 0 Å². The summed E-state index contributed by atoms with van der Waals surface area (Å²) in [4.78, 5) is 32.6. The summed E-state index contributed by atoms with van der Waals surface area (Å²) < 4.78 is 0. The second-order valence-corrected chi connectivity index (χ2v) is 5.65. The number of hydrogen-bond acceptors (Lipinski definition) is 4. The molecule has 0 amide bonds. The fourth-order valence-electron chi connectivity index (χ4n) is 2.73. The van der Waals surface area contributed by atoms with Gasteiger partial charge in [-0.25, -0.2) is 9.59 Å². The molecule has 0 saturated heterocycles. The average molecular weight is 314 g/mol. The minimum absolute atomic E-state index is 0.166. The monoisotopic (exact) mass is 314 g/mol. The van der Waals surface area contributed by atoms with Crippen LogP contribution in [0.15, 0.2) is 11.3 Å². The number of unbranched alkanes of at least 4 members (excludes halogenated alkanes) is 3. The van der Waals surface area contributed by atoms with Gasteiger partial charge >= 0.3 is 11.9 Å². The summed E-state index contributed by atoms with van der Waals surface area (Å²) in [6.07, 6.45) is 8.13. The zero-order valence-corrected chi connectivity index (χ0v) is 13.2. The largest absolute Gasteiger partial charge is 0.478 e. The molecule has 0 aliphatic heterocycles. The van der Waals surface area contributed by atoms with Crippen LogP contribution in [-0.4, -0.2) is 28.8 Å². The number of carboxylic acids is 2. The van der Waals surface area contributed by atoms with E-state index in [1.165, 1.54) is 0 Å². The van der Waals surface area contributed by atoms with Crippen molar-refractivity contribution in [3.8, 4) is 0 Å². The highest BCUT2D eigenvalue weighted by molar-refractivity contribution is 5.97. The van der Waals surface area contributed by atoms with Crippen LogP contribution in [0.1, 0.15) is 64.7 Å². The van der Waals surface area contributed by atoms with E-state index in [0.29, 0.717) is 12.8 Å². The fraction of sp³-hybridized carbons (Fsp3) is 0.750. The van der Waals surface area contributed by atoms with E-state index in [2.05, 4.69) is 6.92 Å². The van der Waals surface area contributed by atoms with Crippen LogP contribution in [0.5, 0.6) is 0 Å². The summed E-state index contributed by atoms with van der Waals surface area (Å²) in [6, 6.07) is 0. The van der Waals surface area contributed by atoms with Gasteiger partial charge in [0.2, 0.25) is 0 Å². The van der Waals surface area contributed by atoms with Gasteiger partial charge in [0.25, 0.3) is 5.76 Å². The van der Waals surface area contributed by atoms with Gasteiger partial charge in [-0.15, -0.1) is 0 Å². The van der Waals surface area contributed by atoms with Gasteiger partial charge in [0, 0.05) is 0 Å². The number of carbonyl (C=O) groups is 2. The molecule has 0 bridgehead atoms. The van der Waals surface area contributed by atoms with E-state index in [1.807, 2.05) is 0 Å². The van der Waals surface area contributed by atoms with Crippen molar-refractivity contribution >= 4 is 11.9 Å². The van der Waals surface area contributed by atoms with Gasteiger partial charge in [-0.3, -0.25) is 0 Å². The third-order valence-electron chi connectivity index (χ3n) is 3.91. The van der Waals surface area contributed by atoms with Gasteiger partial charge in [-0.2, -0.15) is 4.89 Å². The Hall–Kier alpha value is -1.56. The molecule has 0 heterocycles. The van der Waals surface area contributed by atoms with Gasteiger partial charge in [-0.05, 0) is 25.2 Å². The van der Waals surface area contributed by atoms with E-state index in [1.54, 1.807) is 0 Å². The molecule has 0 aromatic carbocycles. The number of hydrogen-bond donors (Lipinski definition) is 2. The van der Waals surface area contributed by atoms with Crippen LogP contribution in [0.2, 0.25) is 0 Å². The van der Waals surface area contributed by atoms with Crippen LogP contribution in [0, 0.1) is 5.92 Å². The quantitative estimate of drug-likeness (QED) is 0.211. The lowest BCUT2D eigenvalue weighted by atomic mass is 9.83. The summed E-state index contributed by atoms with van der Waals surface area (Å²) in [5, 5.41) is 18.6. The molecule has 0 radical (unpaired) electrons. The number of rotatable bonds is 10. The van der Waals surface area contributed by atoms with Crippen LogP contribution in [0.25, 0.3) is 0 Å². The first kappa shape index (κ1) is 18.5. The lowest BCUT2D eigenvalue weighted by Gasteiger charge is -2.23. The predicted octanol–water partition coefficient (Wildman–Crippen LogP) is 3.52. The fourth-order valence-corrected chi connectivity index (χ4v) is 2.73. The third kappa shape index (κ3) is 6.05. The molecule has 2 N–H and O–H groups in total. The second kappa shape index (κ2) is 10.2. The highest BCUT2D eigenvalue weighted by Crippen LogP contribution is 2.32. The van der Waals surface area contributed by atoms with Gasteiger partial charge in [-0.1, -0.05) is 45.4 Å². The molecule has 22 heavy (non-hydrogen) atoms. The van der Waals surface area contributed by atoms with E-state index in [-0.39, 0.29) is 18.1 Å². The predicted molar refractivity (Wildman–Crippen MR) is 80.1 cm³/mol. The molecule has 0 spiro atoms. The maximum Gasteiger partial charge on any atom is 0.375 e. The van der Waals surface area contributed by atoms with Crippen molar-refractivity contribution in [3.63, 3.8) is 0 Å². The first-order chi connectivity index (χ1) is 10.6. The van der Waals surface area contributed by atoms with Crippen LogP contribution < -0.4 is 0 Å². The van der Waals surface area contributed by atoms with E-state index in [9.17, 15) is 19.8 Å². The summed E-state index contributed by atoms with van der Waals surface area (Å²) in [6.45, 7) is 2.35. The summed E-state index contributed by atoms with van der Waals surface area (Å²) >= 11 is 0. The standard InChI is InChI=1S/C16H26O6/c1-2-3-4-8-11-21-22-14(16(19)20)13(15(17)18)12-9-6-5-7-10-12/h12H,2-11H2,1H3,(H,17,18)(H,19,20)/b14-13-. The molecule has 1 saturated carbocycles. The minimum Gasteiger partial charge on any atom is -0.478 e. The Morgan fingerprint density at radius 3 is 2.23 bits per heavy atom. The zero-order valence-electron chi connectivity index (χ0n) is 13.2. The van der Waals surface area contributed by atoms with Crippen LogP contribution in [0.4, 0.5) is 0 Å². The van der Waals surface area contributed by atoms with Gasteiger partial charge in [0.15, 0.2) is 0 Å². The van der Waals surface area contributed by atoms with E-state index < -0.39 is 17.7 Å². The molecular formula is C16H26O6. The Morgan fingerprint density at radius 1 is 1.00 bits per heavy atom. The molecule has 0 unspecified atom stereocenters. The molecule has 1 aliphatic carbocycles. The molecule has 1 rings (SSSR count). The van der Waals surface area contributed by atoms with Crippen molar-refractivity contribution in [2.24, 2.45) is 5.92 Å². The third-order valence-corrected chi connectivity index (χ3v) is 3.91. The first-order valence-corrected chi connectivity index (χ1v) is 8.08. The van der Waals surface area contributed by atoms with Crippen LogP contribution >= 0.6 is 0 Å². The number of carboxylic acid groups (broad SMARTS) is 2.